The smallest absolute Gasteiger partial charge is 0.257 e. The fraction of sp³-hybridized carbons (Fsp3) is 0.435. The summed E-state index contributed by atoms with van der Waals surface area (Å²) in [6, 6.07) is 10.8. The summed E-state index contributed by atoms with van der Waals surface area (Å²) in [6.07, 6.45) is 2.12. The van der Waals surface area contributed by atoms with Crippen molar-refractivity contribution in [2.45, 2.75) is 31.6 Å². The van der Waals surface area contributed by atoms with E-state index >= 15 is 0 Å². The second-order valence-corrected chi connectivity index (χ2v) is 10.1. The summed E-state index contributed by atoms with van der Waals surface area (Å²) in [5.74, 6) is -0.297. The van der Waals surface area contributed by atoms with Gasteiger partial charge in [-0.15, -0.1) is 0 Å². The molecule has 7 nitrogen and oxygen atoms in total. The van der Waals surface area contributed by atoms with E-state index in [-0.39, 0.29) is 10.8 Å². The lowest BCUT2D eigenvalue weighted by Crippen LogP contribution is -2.40. The molecule has 0 radical (unpaired) electrons. The third-order valence-corrected chi connectivity index (χ3v) is 7.80. The molecule has 4 rings (SSSR count). The highest BCUT2D eigenvalue weighted by Crippen LogP contribution is 2.30. The highest BCUT2D eigenvalue weighted by atomic mass is 32.2. The van der Waals surface area contributed by atoms with Gasteiger partial charge in [0.1, 0.15) is 0 Å². The number of carbonyl (C=O) groups is 1. The van der Waals surface area contributed by atoms with Crippen LogP contribution in [0.1, 0.15) is 34.3 Å². The second-order valence-electron chi connectivity index (χ2n) is 8.16. The van der Waals surface area contributed by atoms with Gasteiger partial charge in [-0.25, -0.2) is 8.42 Å². The number of anilines is 2. The Kier molecular flexibility index (Phi) is 6.31. The van der Waals surface area contributed by atoms with Crippen LogP contribution in [0.2, 0.25) is 0 Å². The summed E-state index contributed by atoms with van der Waals surface area (Å²) in [4.78, 5) is 15.6. The van der Waals surface area contributed by atoms with Gasteiger partial charge in [-0.3, -0.25) is 4.79 Å². The van der Waals surface area contributed by atoms with Crippen LogP contribution < -0.4 is 10.2 Å². The maximum atomic E-state index is 13.3. The number of carbonyl (C=O) groups excluding carboxylic acids is 1. The van der Waals surface area contributed by atoms with Gasteiger partial charge in [-0.1, -0.05) is 12.1 Å². The zero-order chi connectivity index (χ0) is 22.0. The molecule has 2 aliphatic rings. The van der Waals surface area contributed by atoms with Gasteiger partial charge >= 0.3 is 0 Å². The van der Waals surface area contributed by atoms with E-state index in [4.69, 9.17) is 4.74 Å². The number of hydrogen-bond donors (Lipinski definition) is 1. The fourth-order valence-corrected chi connectivity index (χ4v) is 5.52. The van der Waals surface area contributed by atoms with Gasteiger partial charge in [0.25, 0.3) is 5.91 Å². The first-order valence-corrected chi connectivity index (χ1v) is 12.2. The number of morpholine rings is 1. The largest absolute Gasteiger partial charge is 0.379 e. The monoisotopic (exact) mass is 443 g/mol. The number of sulfonamides is 1. The quantitative estimate of drug-likeness (QED) is 0.768. The fourth-order valence-electron chi connectivity index (χ4n) is 4.09. The third kappa shape index (κ3) is 4.61. The van der Waals surface area contributed by atoms with Crippen molar-refractivity contribution in [1.29, 1.82) is 0 Å². The predicted octanol–water partition coefficient (Wildman–Crippen LogP) is 3.18. The first-order chi connectivity index (χ1) is 14.9. The number of nitrogens with one attached hydrogen (secondary N) is 1. The van der Waals surface area contributed by atoms with E-state index in [0.717, 1.165) is 48.4 Å². The first kappa shape index (κ1) is 21.8. The van der Waals surface area contributed by atoms with Crippen molar-refractivity contribution in [3.63, 3.8) is 0 Å². The van der Waals surface area contributed by atoms with Gasteiger partial charge in [0.15, 0.2) is 0 Å². The minimum atomic E-state index is -3.69. The standard InChI is InChI=1S/C23H29N3O4S/c1-17-5-6-18(2)21(15-17)24-23(27)20-16-19(7-8-22(20)25-9-3-4-10-25)31(28,29)26-11-13-30-14-12-26/h5-8,15-16H,3-4,9-14H2,1-2H3,(H,24,27). The lowest BCUT2D eigenvalue weighted by molar-refractivity contribution is 0.0730. The van der Waals surface area contributed by atoms with Crippen LogP contribution in [0.5, 0.6) is 0 Å². The SMILES string of the molecule is Cc1ccc(C)c(NC(=O)c2cc(S(=O)(=O)N3CCOCC3)ccc2N2CCCC2)c1. The Morgan fingerprint density at radius 2 is 1.68 bits per heavy atom. The van der Waals surface area contributed by atoms with Crippen molar-refractivity contribution in [2.75, 3.05) is 49.6 Å². The lowest BCUT2D eigenvalue weighted by Gasteiger charge is -2.27. The molecular weight excluding hydrogens is 414 g/mol. The van der Waals surface area contributed by atoms with Crippen molar-refractivity contribution in [3.05, 3.63) is 53.1 Å². The van der Waals surface area contributed by atoms with Crippen LogP contribution in [0.3, 0.4) is 0 Å². The highest BCUT2D eigenvalue weighted by molar-refractivity contribution is 7.89. The molecular formula is C23H29N3O4S. The van der Waals surface area contributed by atoms with Crippen molar-refractivity contribution < 1.29 is 17.9 Å². The molecule has 2 aromatic carbocycles. The summed E-state index contributed by atoms with van der Waals surface area (Å²) in [6.45, 7) is 7.03. The number of rotatable bonds is 5. The first-order valence-electron chi connectivity index (χ1n) is 10.7. The second kappa shape index (κ2) is 8.98. The number of ether oxygens (including phenoxy) is 1. The van der Waals surface area contributed by atoms with Gasteiger partial charge in [-0.2, -0.15) is 4.31 Å². The molecule has 0 unspecified atom stereocenters. The Morgan fingerprint density at radius 3 is 2.39 bits per heavy atom. The zero-order valence-electron chi connectivity index (χ0n) is 18.1. The molecule has 2 aliphatic heterocycles. The van der Waals surface area contributed by atoms with E-state index in [0.29, 0.717) is 31.9 Å². The normalized spacial score (nSPS) is 17.7. The average molecular weight is 444 g/mol. The summed E-state index contributed by atoms with van der Waals surface area (Å²) in [7, 11) is -3.69. The number of aryl methyl sites for hydroxylation is 2. The molecule has 0 aliphatic carbocycles. The Labute approximate surface area is 184 Å². The topological polar surface area (TPSA) is 79.0 Å². The van der Waals surface area contributed by atoms with Crippen LogP contribution in [0.4, 0.5) is 11.4 Å². The molecule has 2 fully saturated rings. The predicted molar refractivity (Wildman–Crippen MR) is 121 cm³/mol. The third-order valence-electron chi connectivity index (χ3n) is 5.91. The van der Waals surface area contributed by atoms with Gasteiger partial charge in [-0.05, 0) is 62.1 Å². The Morgan fingerprint density at radius 1 is 0.968 bits per heavy atom. The van der Waals surface area contributed by atoms with Gasteiger partial charge < -0.3 is 15.0 Å². The van der Waals surface area contributed by atoms with Crippen LogP contribution in [-0.4, -0.2) is 58.0 Å². The number of nitrogens with zero attached hydrogens (tertiary/aromatic N) is 2. The minimum absolute atomic E-state index is 0.142. The molecule has 0 atom stereocenters. The molecule has 31 heavy (non-hydrogen) atoms. The molecule has 166 valence electrons. The molecule has 0 aromatic heterocycles. The maximum absolute atomic E-state index is 13.3. The van der Waals surface area contributed by atoms with Gasteiger partial charge in [0.2, 0.25) is 10.0 Å². The average Bonchev–Trinajstić information content (AvgIpc) is 3.31. The van der Waals surface area contributed by atoms with Crippen LogP contribution in [0.15, 0.2) is 41.3 Å². The van der Waals surface area contributed by atoms with E-state index in [1.165, 1.54) is 10.4 Å². The van der Waals surface area contributed by atoms with E-state index in [2.05, 4.69) is 10.2 Å². The summed E-state index contributed by atoms with van der Waals surface area (Å²) >= 11 is 0. The molecule has 0 bridgehead atoms. The number of benzene rings is 2. The Balaban J connectivity index is 1.71. The Bertz CT molecular complexity index is 1070. The maximum Gasteiger partial charge on any atom is 0.257 e. The molecule has 8 heteroatoms. The van der Waals surface area contributed by atoms with Crippen LogP contribution in [-0.2, 0) is 14.8 Å². The molecule has 2 heterocycles. The van der Waals surface area contributed by atoms with Crippen molar-refractivity contribution in [2.24, 2.45) is 0 Å². The van der Waals surface area contributed by atoms with E-state index < -0.39 is 10.0 Å². The molecule has 2 saturated heterocycles. The zero-order valence-corrected chi connectivity index (χ0v) is 18.9. The van der Waals surface area contributed by atoms with E-state index in [1.54, 1.807) is 12.1 Å². The number of amides is 1. The van der Waals surface area contributed by atoms with Gasteiger partial charge in [0, 0.05) is 37.6 Å². The molecule has 1 N–H and O–H groups in total. The van der Waals surface area contributed by atoms with Gasteiger partial charge in [0.05, 0.1) is 23.7 Å². The molecule has 1 amide bonds. The van der Waals surface area contributed by atoms with Crippen molar-refractivity contribution in [3.8, 4) is 0 Å². The van der Waals surface area contributed by atoms with Crippen molar-refractivity contribution in [1.82, 2.24) is 4.31 Å². The summed E-state index contributed by atoms with van der Waals surface area (Å²) in [5, 5.41) is 3.00. The minimum Gasteiger partial charge on any atom is -0.379 e. The molecule has 2 aromatic rings. The molecule has 0 spiro atoms. The highest BCUT2D eigenvalue weighted by Gasteiger charge is 2.29. The molecule has 0 saturated carbocycles. The Hall–Kier alpha value is -2.42. The summed E-state index contributed by atoms with van der Waals surface area (Å²) < 4.78 is 33.1. The number of hydrogen-bond acceptors (Lipinski definition) is 5. The van der Waals surface area contributed by atoms with E-state index in [1.807, 2.05) is 32.0 Å². The van der Waals surface area contributed by atoms with Crippen LogP contribution in [0, 0.1) is 13.8 Å². The summed E-state index contributed by atoms with van der Waals surface area (Å²) in [5.41, 5.74) is 3.90. The van der Waals surface area contributed by atoms with E-state index in [9.17, 15) is 13.2 Å². The van der Waals surface area contributed by atoms with Crippen molar-refractivity contribution >= 4 is 27.3 Å². The van der Waals surface area contributed by atoms with Crippen LogP contribution in [0.25, 0.3) is 0 Å². The van der Waals surface area contributed by atoms with Crippen LogP contribution >= 0.6 is 0 Å². The lowest BCUT2D eigenvalue weighted by atomic mass is 10.1.